The monoisotopic (exact) mass is 452 g/mol. The highest BCUT2D eigenvalue weighted by Gasteiger charge is 2.27. The molecular weight excluding hydrogens is 427 g/mol. The van der Waals surface area contributed by atoms with Crippen LogP contribution in [0.4, 0.5) is 5.69 Å². The number of carbonyl (C=O) groups excluding carboxylic acids is 1. The molecule has 0 aromatic carbocycles. The molecule has 1 fully saturated rings. The minimum absolute atomic E-state index is 0. The van der Waals surface area contributed by atoms with Crippen molar-refractivity contribution in [3.8, 4) is 0 Å². The summed E-state index contributed by atoms with van der Waals surface area (Å²) in [5, 5.41) is 7.40. The normalized spacial score (nSPS) is 15.6. The van der Waals surface area contributed by atoms with E-state index in [9.17, 15) is 4.79 Å². The second kappa shape index (κ2) is 10.0. The van der Waals surface area contributed by atoms with Crippen LogP contribution in [0.3, 0.4) is 0 Å². The molecule has 1 aliphatic rings. The van der Waals surface area contributed by atoms with Crippen molar-refractivity contribution in [2.24, 2.45) is 12.0 Å². The zero-order valence-corrected chi connectivity index (χ0v) is 17.0. The Morgan fingerprint density at radius 2 is 2.26 bits per heavy atom. The molecule has 0 aliphatic carbocycles. The van der Waals surface area contributed by atoms with Gasteiger partial charge in [-0.15, -0.1) is 24.0 Å². The van der Waals surface area contributed by atoms with Gasteiger partial charge in [0.05, 0.1) is 18.4 Å². The third-order valence-corrected chi connectivity index (χ3v) is 4.01. The number of halogens is 1. The topological polar surface area (TPSA) is 65.8 Å². The molecule has 130 valence electrons. The van der Waals surface area contributed by atoms with Gasteiger partial charge >= 0.3 is 0 Å². The van der Waals surface area contributed by atoms with E-state index in [4.69, 9.17) is 0 Å². The van der Waals surface area contributed by atoms with E-state index in [1.54, 1.807) is 27.5 Å². The van der Waals surface area contributed by atoms with E-state index in [2.05, 4.69) is 21.7 Å². The van der Waals surface area contributed by atoms with Crippen LogP contribution in [0, 0.1) is 0 Å². The van der Waals surface area contributed by atoms with E-state index in [1.165, 1.54) is 0 Å². The molecule has 9 heteroatoms. The number of anilines is 1. The number of nitrogens with zero attached hydrogens (tertiary/aromatic N) is 5. The Morgan fingerprint density at radius 3 is 2.83 bits per heavy atom. The van der Waals surface area contributed by atoms with Gasteiger partial charge in [-0.3, -0.25) is 14.5 Å². The van der Waals surface area contributed by atoms with Gasteiger partial charge in [0.2, 0.25) is 5.91 Å². The van der Waals surface area contributed by atoms with E-state index in [0.717, 1.165) is 37.0 Å². The van der Waals surface area contributed by atoms with Crippen molar-refractivity contribution < 1.29 is 4.79 Å². The second-order valence-electron chi connectivity index (χ2n) is 5.07. The van der Waals surface area contributed by atoms with Crippen LogP contribution in [0.1, 0.15) is 6.92 Å². The molecule has 0 unspecified atom stereocenters. The molecule has 0 saturated carbocycles. The molecule has 1 aliphatic heterocycles. The number of rotatable bonds is 5. The molecule has 1 saturated heterocycles. The third kappa shape index (κ3) is 5.55. The van der Waals surface area contributed by atoms with Crippen LogP contribution in [-0.2, 0) is 11.8 Å². The van der Waals surface area contributed by atoms with Crippen LogP contribution in [-0.4, -0.2) is 71.3 Å². The fraction of sp³-hybridized carbons (Fsp3) is 0.643. The van der Waals surface area contributed by atoms with E-state index < -0.39 is 0 Å². The fourth-order valence-corrected chi connectivity index (χ4v) is 2.62. The van der Waals surface area contributed by atoms with Crippen molar-refractivity contribution in [2.75, 3.05) is 49.6 Å². The quantitative estimate of drug-likeness (QED) is 0.313. The number of thioether (sulfide) groups is 1. The molecule has 0 radical (unpaired) electrons. The Morgan fingerprint density at radius 1 is 1.48 bits per heavy atom. The van der Waals surface area contributed by atoms with Crippen LogP contribution in [0.15, 0.2) is 17.4 Å². The Labute approximate surface area is 158 Å². The summed E-state index contributed by atoms with van der Waals surface area (Å²) in [5.41, 5.74) is 0.858. The smallest absolute Gasteiger partial charge is 0.246 e. The highest BCUT2D eigenvalue weighted by Crippen LogP contribution is 2.16. The fourth-order valence-electron chi connectivity index (χ4n) is 2.34. The molecule has 23 heavy (non-hydrogen) atoms. The van der Waals surface area contributed by atoms with Gasteiger partial charge < -0.3 is 15.1 Å². The summed E-state index contributed by atoms with van der Waals surface area (Å²) in [7, 11) is 1.85. The summed E-state index contributed by atoms with van der Waals surface area (Å²) >= 11 is 1.77. The predicted molar refractivity (Wildman–Crippen MR) is 107 cm³/mol. The number of hydrogen-bond acceptors (Lipinski definition) is 4. The summed E-state index contributed by atoms with van der Waals surface area (Å²) in [5.74, 6) is 1.89. The van der Waals surface area contributed by atoms with Gasteiger partial charge in [-0.05, 0) is 13.2 Å². The van der Waals surface area contributed by atoms with Gasteiger partial charge in [-0.25, -0.2) is 0 Å². The maximum absolute atomic E-state index is 12.4. The number of amides is 1. The molecular formula is C14H25IN6OS. The first-order chi connectivity index (χ1) is 10.7. The van der Waals surface area contributed by atoms with Crippen molar-refractivity contribution in [1.29, 1.82) is 0 Å². The molecule has 0 atom stereocenters. The summed E-state index contributed by atoms with van der Waals surface area (Å²) < 4.78 is 1.71. The Hall–Kier alpha value is -0.970. The SMILES string of the molecule is CCNC(=NCCSC)N1CCN(c2cnn(C)c2)C(=O)C1.I. The standard InChI is InChI=1S/C14H24N6OS.HI/c1-4-15-14(16-5-8-22-3)19-6-7-20(13(21)11-19)12-9-17-18(2)10-12;/h9-10H,4-8,11H2,1-3H3,(H,15,16);1H. The Kier molecular flexibility index (Phi) is 8.74. The first kappa shape index (κ1) is 20.1. The number of guanidine groups is 1. The van der Waals surface area contributed by atoms with Crippen molar-refractivity contribution in [2.45, 2.75) is 6.92 Å². The number of piperazine rings is 1. The molecule has 2 rings (SSSR count). The lowest BCUT2D eigenvalue weighted by molar-refractivity contribution is -0.120. The lowest BCUT2D eigenvalue weighted by Gasteiger charge is -2.35. The van der Waals surface area contributed by atoms with Gasteiger partial charge in [-0.1, -0.05) is 0 Å². The van der Waals surface area contributed by atoms with Crippen LogP contribution >= 0.6 is 35.7 Å². The van der Waals surface area contributed by atoms with Crippen molar-refractivity contribution >= 4 is 53.3 Å². The van der Waals surface area contributed by atoms with Crippen molar-refractivity contribution in [1.82, 2.24) is 20.0 Å². The van der Waals surface area contributed by atoms with Crippen molar-refractivity contribution in [3.63, 3.8) is 0 Å². The zero-order valence-electron chi connectivity index (χ0n) is 13.9. The molecule has 1 N–H and O–H groups in total. The minimum atomic E-state index is 0. The first-order valence-corrected chi connectivity index (χ1v) is 8.86. The van der Waals surface area contributed by atoms with Crippen LogP contribution < -0.4 is 10.2 Å². The zero-order chi connectivity index (χ0) is 15.9. The van der Waals surface area contributed by atoms with Crippen LogP contribution in [0.5, 0.6) is 0 Å². The van der Waals surface area contributed by atoms with Gasteiger partial charge in [0.15, 0.2) is 5.96 Å². The Balaban J connectivity index is 0.00000264. The van der Waals surface area contributed by atoms with Crippen molar-refractivity contribution in [3.05, 3.63) is 12.4 Å². The second-order valence-corrected chi connectivity index (χ2v) is 6.05. The average molecular weight is 452 g/mol. The van der Waals surface area contributed by atoms with Gasteiger partial charge in [-0.2, -0.15) is 16.9 Å². The number of hydrogen-bond donors (Lipinski definition) is 1. The molecule has 0 spiro atoms. The van der Waals surface area contributed by atoms with Crippen LogP contribution in [0.25, 0.3) is 0 Å². The third-order valence-electron chi connectivity index (χ3n) is 3.42. The lowest BCUT2D eigenvalue weighted by Crippen LogP contribution is -2.55. The first-order valence-electron chi connectivity index (χ1n) is 7.47. The Bertz CT molecular complexity index is 535. The van der Waals surface area contributed by atoms with E-state index in [0.29, 0.717) is 13.1 Å². The molecule has 2 heterocycles. The van der Waals surface area contributed by atoms with Crippen LogP contribution in [0.2, 0.25) is 0 Å². The number of carbonyl (C=O) groups is 1. The predicted octanol–water partition coefficient (Wildman–Crippen LogP) is 1.02. The summed E-state index contributed by atoms with van der Waals surface area (Å²) in [6.45, 7) is 5.37. The summed E-state index contributed by atoms with van der Waals surface area (Å²) in [4.78, 5) is 20.8. The van der Waals surface area contributed by atoms with E-state index in [-0.39, 0.29) is 29.9 Å². The lowest BCUT2D eigenvalue weighted by atomic mass is 10.3. The van der Waals surface area contributed by atoms with Gasteiger partial charge in [0.25, 0.3) is 0 Å². The number of aliphatic imine (C=N–C) groups is 1. The van der Waals surface area contributed by atoms with Gasteiger partial charge in [0, 0.05) is 38.6 Å². The number of nitrogens with one attached hydrogen (secondary N) is 1. The molecule has 0 bridgehead atoms. The maximum Gasteiger partial charge on any atom is 0.246 e. The van der Waals surface area contributed by atoms with E-state index in [1.807, 2.05) is 25.1 Å². The maximum atomic E-state index is 12.4. The molecule has 1 aromatic heterocycles. The summed E-state index contributed by atoms with van der Waals surface area (Å²) in [6.07, 6.45) is 5.66. The largest absolute Gasteiger partial charge is 0.357 e. The highest BCUT2D eigenvalue weighted by atomic mass is 127. The molecule has 7 nitrogen and oxygen atoms in total. The molecule has 1 aromatic rings. The average Bonchev–Trinajstić information content (AvgIpc) is 2.93. The number of aryl methyl sites for hydroxylation is 1. The van der Waals surface area contributed by atoms with E-state index >= 15 is 0 Å². The highest BCUT2D eigenvalue weighted by molar-refractivity contribution is 14.0. The molecule has 1 amide bonds. The van der Waals surface area contributed by atoms with Gasteiger partial charge in [0.1, 0.15) is 6.54 Å². The number of aromatic nitrogens is 2. The summed E-state index contributed by atoms with van der Waals surface area (Å²) in [6, 6.07) is 0. The minimum Gasteiger partial charge on any atom is -0.357 e.